The van der Waals surface area contributed by atoms with Crippen LogP contribution >= 0.6 is 0 Å². The molecule has 0 fully saturated rings. The van der Waals surface area contributed by atoms with Gasteiger partial charge in [-0.3, -0.25) is 9.58 Å². The molecule has 0 radical (unpaired) electrons. The number of hydrogen-bond donors (Lipinski definition) is 1. The van der Waals surface area contributed by atoms with Gasteiger partial charge in [0.15, 0.2) is 0 Å². The third-order valence-electron chi connectivity index (χ3n) is 4.68. The van der Waals surface area contributed by atoms with Crippen LogP contribution in [-0.4, -0.2) is 41.5 Å². The number of hydrogen-bond acceptors (Lipinski definition) is 4. The Hall–Kier alpha value is -2.93. The van der Waals surface area contributed by atoms with Crippen LogP contribution < -0.4 is 0 Å². The predicted molar refractivity (Wildman–Crippen MR) is 101 cm³/mol. The summed E-state index contributed by atoms with van der Waals surface area (Å²) in [6.45, 7) is 7.93. The maximum atomic E-state index is 4.70. The fourth-order valence-electron chi connectivity index (χ4n) is 3.49. The lowest BCUT2D eigenvalue weighted by molar-refractivity contribution is 0.311. The van der Waals surface area contributed by atoms with Gasteiger partial charge in [0, 0.05) is 17.9 Å². The van der Waals surface area contributed by atoms with Crippen LogP contribution in [0.25, 0.3) is 11.0 Å². The molecule has 4 rings (SSSR count). The van der Waals surface area contributed by atoms with Crippen molar-refractivity contribution in [1.82, 2.24) is 34.4 Å². The van der Waals surface area contributed by atoms with Crippen LogP contribution in [0.3, 0.4) is 0 Å². The molecular weight excluding hydrogens is 326 g/mol. The zero-order valence-electron chi connectivity index (χ0n) is 15.6. The highest BCUT2D eigenvalue weighted by molar-refractivity contribution is 5.75. The van der Waals surface area contributed by atoms with Crippen molar-refractivity contribution in [2.75, 3.05) is 7.05 Å². The van der Waals surface area contributed by atoms with E-state index < -0.39 is 0 Å². The van der Waals surface area contributed by atoms with Crippen LogP contribution in [0.5, 0.6) is 0 Å². The average molecular weight is 349 g/mol. The van der Waals surface area contributed by atoms with Gasteiger partial charge in [0.25, 0.3) is 0 Å². The van der Waals surface area contributed by atoms with Crippen LogP contribution in [0.4, 0.5) is 0 Å². The summed E-state index contributed by atoms with van der Waals surface area (Å²) in [5.41, 5.74) is 6.98. The van der Waals surface area contributed by atoms with Gasteiger partial charge in [-0.25, -0.2) is 9.66 Å². The van der Waals surface area contributed by atoms with Crippen LogP contribution in [0, 0.1) is 20.8 Å². The summed E-state index contributed by atoms with van der Waals surface area (Å²) in [6, 6.07) is 8.51. The van der Waals surface area contributed by atoms with Crippen LogP contribution in [0.1, 0.15) is 28.3 Å². The number of fused-ring (bicyclic) bond motifs is 1. The minimum Gasteiger partial charge on any atom is -0.341 e. The molecule has 0 aliphatic carbocycles. The normalized spacial score (nSPS) is 11.7. The molecule has 134 valence electrons. The lowest BCUT2D eigenvalue weighted by Gasteiger charge is -2.15. The van der Waals surface area contributed by atoms with E-state index in [9.17, 15) is 0 Å². The fourth-order valence-corrected chi connectivity index (χ4v) is 3.49. The zero-order chi connectivity index (χ0) is 18.3. The molecule has 4 aromatic rings. The monoisotopic (exact) mass is 349 g/mol. The number of aromatic nitrogens is 6. The zero-order valence-corrected chi connectivity index (χ0v) is 15.6. The molecule has 26 heavy (non-hydrogen) atoms. The van der Waals surface area contributed by atoms with Gasteiger partial charge in [-0.15, -0.1) is 10.2 Å². The minimum absolute atomic E-state index is 0.768. The highest BCUT2D eigenvalue weighted by Gasteiger charge is 2.13. The second-order valence-electron chi connectivity index (χ2n) is 6.93. The number of rotatable bonds is 5. The number of benzene rings is 1. The van der Waals surface area contributed by atoms with Gasteiger partial charge in [0.1, 0.15) is 18.5 Å². The summed E-state index contributed by atoms with van der Waals surface area (Å²) in [5.74, 6) is 0.987. The number of nitrogens with one attached hydrogen (secondary N) is 1. The second-order valence-corrected chi connectivity index (χ2v) is 6.93. The van der Waals surface area contributed by atoms with Gasteiger partial charge in [-0.2, -0.15) is 0 Å². The molecule has 3 aromatic heterocycles. The number of aromatic amines is 1. The Morgan fingerprint density at radius 3 is 2.58 bits per heavy atom. The molecule has 0 bridgehead atoms. The first kappa shape index (κ1) is 16.5. The van der Waals surface area contributed by atoms with Crippen molar-refractivity contribution in [3.63, 3.8) is 0 Å². The molecule has 0 amide bonds. The van der Waals surface area contributed by atoms with E-state index in [0.29, 0.717) is 0 Å². The quantitative estimate of drug-likeness (QED) is 0.602. The molecule has 3 heterocycles. The highest BCUT2D eigenvalue weighted by atomic mass is 15.5. The molecule has 7 nitrogen and oxygen atoms in total. The van der Waals surface area contributed by atoms with Crippen molar-refractivity contribution in [1.29, 1.82) is 0 Å². The van der Waals surface area contributed by atoms with E-state index in [4.69, 9.17) is 4.98 Å². The maximum Gasteiger partial charge on any atom is 0.139 e. The molecule has 7 heteroatoms. The molecule has 0 atom stereocenters. The molecule has 0 spiro atoms. The number of nitrogens with zero attached hydrogens (tertiary/aromatic N) is 6. The lowest BCUT2D eigenvalue weighted by Crippen LogP contribution is -2.19. The highest BCUT2D eigenvalue weighted by Crippen LogP contribution is 2.18. The molecule has 1 aromatic carbocycles. The van der Waals surface area contributed by atoms with Gasteiger partial charge >= 0.3 is 0 Å². The first-order valence-electron chi connectivity index (χ1n) is 8.68. The molecule has 1 N–H and O–H groups in total. The summed E-state index contributed by atoms with van der Waals surface area (Å²) in [5, 5.41) is 7.81. The molecule has 0 aliphatic heterocycles. The third kappa shape index (κ3) is 3.01. The Labute approximate surface area is 152 Å². The van der Waals surface area contributed by atoms with Gasteiger partial charge in [0.05, 0.1) is 17.6 Å². The van der Waals surface area contributed by atoms with Crippen molar-refractivity contribution in [2.45, 2.75) is 33.9 Å². The topological polar surface area (TPSA) is 67.6 Å². The van der Waals surface area contributed by atoms with Crippen LogP contribution in [0.15, 0.2) is 36.9 Å². The van der Waals surface area contributed by atoms with Crippen LogP contribution in [0.2, 0.25) is 0 Å². The predicted octanol–water partition coefficient (Wildman–Crippen LogP) is 2.82. The molecule has 0 saturated carbocycles. The molecule has 0 saturated heterocycles. The van der Waals surface area contributed by atoms with E-state index in [1.165, 1.54) is 16.8 Å². The largest absolute Gasteiger partial charge is 0.341 e. The van der Waals surface area contributed by atoms with E-state index in [-0.39, 0.29) is 0 Å². The smallest absolute Gasteiger partial charge is 0.139 e. The molecule has 0 unspecified atom stereocenters. The van der Waals surface area contributed by atoms with Gasteiger partial charge in [-0.1, -0.05) is 6.07 Å². The number of imidazole rings is 1. The minimum atomic E-state index is 0.768. The van der Waals surface area contributed by atoms with Crippen molar-refractivity contribution in [3.8, 4) is 0 Å². The number of H-pyrrole nitrogens is 1. The lowest BCUT2D eigenvalue weighted by atomic mass is 10.2. The van der Waals surface area contributed by atoms with E-state index >= 15 is 0 Å². The summed E-state index contributed by atoms with van der Waals surface area (Å²) in [4.78, 5) is 10.4. The van der Waals surface area contributed by atoms with Crippen LogP contribution in [-0.2, 0) is 13.1 Å². The Morgan fingerprint density at radius 1 is 1.04 bits per heavy atom. The van der Waals surface area contributed by atoms with Crippen molar-refractivity contribution < 1.29 is 0 Å². The van der Waals surface area contributed by atoms with Gasteiger partial charge in [0.2, 0.25) is 0 Å². The Kier molecular flexibility index (Phi) is 4.08. The number of aryl methyl sites for hydroxylation is 2. The first-order chi connectivity index (χ1) is 12.5. The van der Waals surface area contributed by atoms with E-state index in [1.54, 1.807) is 12.7 Å². The van der Waals surface area contributed by atoms with E-state index in [1.807, 2.05) is 4.68 Å². The average Bonchev–Trinajstić information content (AvgIpc) is 3.28. The maximum absolute atomic E-state index is 4.70. The standard InChI is InChI=1S/C19H23N7/c1-13-5-6-17-18(7-13)23-19(22-17)10-24(4)9-16-8-14(2)26(15(16)3)25-11-20-21-12-25/h5-8,11-12H,9-10H2,1-4H3,(H,22,23). The summed E-state index contributed by atoms with van der Waals surface area (Å²) >= 11 is 0. The summed E-state index contributed by atoms with van der Waals surface area (Å²) < 4.78 is 4.02. The van der Waals surface area contributed by atoms with Crippen molar-refractivity contribution in [3.05, 3.63) is 65.3 Å². The first-order valence-corrected chi connectivity index (χ1v) is 8.68. The SMILES string of the molecule is Cc1ccc2nc(CN(C)Cc3cc(C)n(-n4cnnc4)c3C)[nH]c2c1. The van der Waals surface area contributed by atoms with E-state index in [0.717, 1.165) is 35.6 Å². The van der Waals surface area contributed by atoms with Gasteiger partial charge < -0.3 is 4.98 Å². The Balaban J connectivity index is 1.52. The van der Waals surface area contributed by atoms with E-state index in [2.05, 4.69) is 76.8 Å². The Bertz CT molecular complexity index is 1040. The Morgan fingerprint density at radius 2 is 1.81 bits per heavy atom. The third-order valence-corrected chi connectivity index (χ3v) is 4.68. The van der Waals surface area contributed by atoms with Crippen molar-refractivity contribution in [2.24, 2.45) is 0 Å². The molecular formula is C19H23N7. The summed E-state index contributed by atoms with van der Waals surface area (Å²) in [7, 11) is 2.11. The van der Waals surface area contributed by atoms with Crippen molar-refractivity contribution >= 4 is 11.0 Å². The fraction of sp³-hybridized carbons (Fsp3) is 0.316. The second kappa shape index (κ2) is 6.42. The summed E-state index contributed by atoms with van der Waals surface area (Å²) in [6.07, 6.45) is 3.42. The van der Waals surface area contributed by atoms with Gasteiger partial charge in [-0.05, 0) is 57.1 Å². The molecule has 0 aliphatic rings.